The van der Waals surface area contributed by atoms with Crippen LogP contribution >= 0.6 is 0 Å². The summed E-state index contributed by atoms with van der Waals surface area (Å²) in [4.78, 5) is 23.7. The maximum Gasteiger partial charge on any atom is 0.239 e. The van der Waals surface area contributed by atoms with Crippen molar-refractivity contribution in [2.75, 3.05) is 13.1 Å². The number of amides is 1. The van der Waals surface area contributed by atoms with E-state index in [0.717, 1.165) is 40.7 Å². The molecule has 1 aliphatic rings. The summed E-state index contributed by atoms with van der Waals surface area (Å²) >= 11 is 0. The number of hydrogen-bond donors (Lipinski definition) is 1. The summed E-state index contributed by atoms with van der Waals surface area (Å²) in [5.74, 6) is 0.865. The van der Waals surface area contributed by atoms with Crippen LogP contribution in [0.1, 0.15) is 32.7 Å². The van der Waals surface area contributed by atoms with Crippen molar-refractivity contribution in [1.82, 2.24) is 34.4 Å². The van der Waals surface area contributed by atoms with Gasteiger partial charge in [0.15, 0.2) is 5.82 Å². The molecule has 9 heteroatoms. The molecule has 3 aromatic heterocycles. The van der Waals surface area contributed by atoms with E-state index in [1.807, 2.05) is 79.8 Å². The fraction of sp³-hybridized carbons (Fsp3) is 0.370. The zero-order chi connectivity index (χ0) is 25.2. The van der Waals surface area contributed by atoms with Crippen LogP contribution in [0.2, 0.25) is 0 Å². The van der Waals surface area contributed by atoms with E-state index >= 15 is 0 Å². The Bertz CT molecular complexity index is 1330. The van der Waals surface area contributed by atoms with Gasteiger partial charge < -0.3 is 10.6 Å². The number of aryl methyl sites for hydroxylation is 1. The van der Waals surface area contributed by atoms with Crippen molar-refractivity contribution in [3.63, 3.8) is 0 Å². The molecule has 2 N–H and O–H groups in total. The zero-order valence-electron chi connectivity index (χ0n) is 21.0. The topological polar surface area (TPSA) is 108 Å². The Kier molecular flexibility index (Phi) is 6.65. The monoisotopic (exact) mass is 484 g/mol. The minimum absolute atomic E-state index is 0.0489. The van der Waals surface area contributed by atoms with Gasteiger partial charge in [-0.15, -0.1) is 0 Å². The minimum atomic E-state index is -0.432. The molecule has 1 saturated heterocycles. The Balaban J connectivity index is 1.25. The third-order valence-corrected chi connectivity index (χ3v) is 6.90. The van der Waals surface area contributed by atoms with Crippen LogP contribution in [0, 0.1) is 5.92 Å². The summed E-state index contributed by atoms with van der Waals surface area (Å²) in [6.07, 6.45) is 13.1. The highest BCUT2D eigenvalue weighted by Crippen LogP contribution is 2.27. The minimum Gasteiger partial charge on any atom is -0.341 e. The second-order valence-corrected chi connectivity index (χ2v) is 9.81. The highest BCUT2D eigenvalue weighted by atomic mass is 16.2. The van der Waals surface area contributed by atoms with Gasteiger partial charge in [-0.05, 0) is 30.4 Å². The number of piperidine rings is 1. The lowest BCUT2D eigenvalue weighted by Crippen LogP contribution is -2.49. The molecule has 0 radical (unpaired) electrons. The molecule has 1 atom stereocenters. The zero-order valence-corrected chi connectivity index (χ0v) is 21.0. The molecule has 0 spiro atoms. The number of hydrogen-bond acceptors (Lipinski definition) is 6. The van der Waals surface area contributed by atoms with E-state index in [2.05, 4.69) is 32.3 Å². The molecular weight excluding hydrogens is 452 g/mol. The van der Waals surface area contributed by atoms with Crippen LogP contribution in [0.5, 0.6) is 0 Å². The summed E-state index contributed by atoms with van der Waals surface area (Å²) in [6, 6.07) is 7.98. The molecule has 1 aromatic carbocycles. The third kappa shape index (κ3) is 4.92. The summed E-state index contributed by atoms with van der Waals surface area (Å²) in [5, 5.41) is 8.86. The first kappa shape index (κ1) is 23.9. The van der Waals surface area contributed by atoms with Crippen LogP contribution in [0.15, 0.2) is 61.4 Å². The van der Waals surface area contributed by atoms with Gasteiger partial charge in [-0.2, -0.15) is 10.2 Å². The first-order chi connectivity index (χ1) is 17.4. The number of likely N-dealkylation sites (tertiary alicyclic amines) is 1. The maximum atomic E-state index is 12.6. The number of nitrogens with two attached hydrogens (primary N) is 1. The molecule has 186 valence electrons. The van der Waals surface area contributed by atoms with Gasteiger partial charge in [-0.25, -0.2) is 9.97 Å². The van der Waals surface area contributed by atoms with E-state index in [1.54, 1.807) is 4.68 Å². The molecule has 1 unspecified atom stereocenters. The largest absolute Gasteiger partial charge is 0.341 e. The molecular formula is C27H32N8O. The third-order valence-electron chi connectivity index (χ3n) is 6.90. The number of nitrogens with zero attached hydrogens (tertiary/aromatic N) is 7. The Labute approximate surface area is 211 Å². The Morgan fingerprint density at radius 1 is 0.917 bits per heavy atom. The van der Waals surface area contributed by atoms with Gasteiger partial charge in [0.05, 0.1) is 24.5 Å². The predicted molar refractivity (Wildman–Crippen MR) is 139 cm³/mol. The first-order valence-corrected chi connectivity index (χ1v) is 12.4. The standard InChI is InChI=1S/C27H32N8O/c1-18(2)25(28)27(36)34-9-7-24(8-10-34)35-17-23(15-32-35)21-12-29-26(30-13-21)20-6-4-5-19(11-20)22-14-31-33(3)16-22/h4-6,11-18,24-25H,7-10,28H2,1-3H3. The van der Waals surface area contributed by atoms with E-state index in [4.69, 9.17) is 5.73 Å². The molecule has 4 heterocycles. The van der Waals surface area contributed by atoms with Crippen LogP contribution in [-0.2, 0) is 11.8 Å². The van der Waals surface area contributed by atoms with E-state index in [9.17, 15) is 4.79 Å². The quantitative estimate of drug-likeness (QED) is 0.448. The van der Waals surface area contributed by atoms with Crippen LogP contribution in [0.4, 0.5) is 0 Å². The van der Waals surface area contributed by atoms with E-state index in [0.29, 0.717) is 18.9 Å². The first-order valence-electron chi connectivity index (χ1n) is 12.4. The van der Waals surface area contributed by atoms with Gasteiger partial charge in [-0.1, -0.05) is 32.0 Å². The van der Waals surface area contributed by atoms with E-state index in [1.165, 1.54) is 0 Å². The smallest absolute Gasteiger partial charge is 0.239 e. The molecule has 4 aromatic rings. The lowest BCUT2D eigenvalue weighted by atomic mass is 10.0. The van der Waals surface area contributed by atoms with Gasteiger partial charge in [0.2, 0.25) is 5.91 Å². The molecule has 9 nitrogen and oxygen atoms in total. The van der Waals surface area contributed by atoms with Gasteiger partial charge in [-0.3, -0.25) is 14.2 Å². The summed E-state index contributed by atoms with van der Waals surface area (Å²) in [5.41, 5.74) is 11.1. The van der Waals surface area contributed by atoms with Crippen molar-refractivity contribution in [1.29, 1.82) is 0 Å². The Morgan fingerprint density at radius 2 is 1.58 bits per heavy atom. The lowest BCUT2D eigenvalue weighted by molar-refractivity contribution is -0.134. The second kappa shape index (κ2) is 10.0. The van der Waals surface area contributed by atoms with Crippen molar-refractivity contribution >= 4 is 5.91 Å². The highest BCUT2D eigenvalue weighted by molar-refractivity contribution is 5.82. The van der Waals surface area contributed by atoms with Crippen molar-refractivity contribution in [2.45, 2.75) is 38.8 Å². The molecule has 1 fully saturated rings. The predicted octanol–water partition coefficient (Wildman–Crippen LogP) is 3.55. The molecule has 0 bridgehead atoms. The Hall–Kier alpha value is -3.85. The number of rotatable bonds is 6. The summed E-state index contributed by atoms with van der Waals surface area (Å²) in [6.45, 7) is 5.37. The van der Waals surface area contributed by atoms with Crippen molar-refractivity contribution in [3.8, 4) is 33.6 Å². The summed E-state index contributed by atoms with van der Waals surface area (Å²) in [7, 11) is 1.91. The average Bonchev–Trinajstić information content (AvgIpc) is 3.58. The van der Waals surface area contributed by atoms with Gasteiger partial charge in [0.25, 0.3) is 0 Å². The molecule has 0 saturated carbocycles. The second-order valence-electron chi connectivity index (χ2n) is 9.81. The average molecular weight is 485 g/mol. The van der Waals surface area contributed by atoms with Crippen LogP contribution in [0.3, 0.4) is 0 Å². The lowest BCUT2D eigenvalue weighted by Gasteiger charge is -2.34. The van der Waals surface area contributed by atoms with Gasteiger partial charge >= 0.3 is 0 Å². The van der Waals surface area contributed by atoms with E-state index in [-0.39, 0.29) is 17.9 Å². The highest BCUT2D eigenvalue weighted by Gasteiger charge is 2.28. The normalized spacial score (nSPS) is 15.4. The van der Waals surface area contributed by atoms with Crippen LogP contribution in [-0.4, -0.2) is 59.5 Å². The number of carbonyl (C=O) groups is 1. The number of aromatic nitrogens is 6. The fourth-order valence-corrected chi connectivity index (χ4v) is 4.57. The fourth-order valence-electron chi connectivity index (χ4n) is 4.57. The van der Waals surface area contributed by atoms with Crippen molar-refractivity contribution in [3.05, 3.63) is 61.4 Å². The van der Waals surface area contributed by atoms with Gasteiger partial charge in [0.1, 0.15) is 0 Å². The SMILES string of the molecule is CC(C)C(N)C(=O)N1CCC(n2cc(-c3cnc(-c4cccc(-c5cnn(C)c5)c4)nc3)cn2)CC1. The van der Waals surface area contributed by atoms with Crippen molar-refractivity contribution < 1.29 is 4.79 Å². The van der Waals surface area contributed by atoms with Gasteiger partial charge in [0, 0.05) is 67.2 Å². The maximum absolute atomic E-state index is 12.6. The number of carbonyl (C=O) groups excluding carboxylic acids is 1. The summed E-state index contributed by atoms with van der Waals surface area (Å²) < 4.78 is 3.80. The molecule has 5 rings (SSSR count). The molecule has 0 aliphatic carbocycles. The molecule has 1 aliphatic heterocycles. The Morgan fingerprint density at radius 3 is 2.25 bits per heavy atom. The van der Waals surface area contributed by atoms with Crippen molar-refractivity contribution in [2.24, 2.45) is 18.7 Å². The number of benzene rings is 1. The molecule has 36 heavy (non-hydrogen) atoms. The van der Waals surface area contributed by atoms with E-state index < -0.39 is 6.04 Å². The van der Waals surface area contributed by atoms with Crippen LogP contribution < -0.4 is 5.73 Å². The van der Waals surface area contributed by atoms with Crippen LogP contribution in [0.25, 0.3) is 33.6 Å². The molecule has 1 amide bonds.